The van der Waals surface area contributed by atoms with E-state index in [1.165, 1.54) is 128 Å². The molecular formula is C58H34S2. The second-order valence-electron chi connectivity index (χ2n) is 15.8. The summed E-state index contributed by atoms with van der Waals surface area (Å²) in [6.45, 7) is 0. The lowest BCUT2D eigenvalue weighted by atomic mass is 9.83. The summed E-state index contributed by atoms with van der Waals surface area (Å²) in [6, 6.07) is 76.8. The molecule has 0 saturated carbocycles. The van der Waals surface area contributed by atoms with Crippen LogP contribution in [0.5, 0.6) is 0 Å². The van der Waals surface area contributed by atoms with E-state index in [-0.39, 0.29) is 0 Å². The number of hydrogen-bond acceptors (Lipinski definition) is 2. The Morgan fingerprint density at radius 1 is 0.217 bits per heavy atom. The fraction of sp³-hybridized carbons (Fsp3) is 0. The summed E-state index contributed by atoms with van der Waals surface area (Å²) in [5, 5.41) is 15.5. The number of fused-ring (bicyclic) bond motifs is 10. The molecular weight excluding hydrogens is 761 g/mol. The molecule has 60 heavy (non-hydrogen) atoms. The fourth-order valence-corrected chi connectivity index (χ4v) is 12.7. The fourth-order valence-electron chi connectivity index (χ4n) is 10.3. The molecule has 11 aromatic carbocycles. The van der Waals surface area contributed by atoms with Gasteiger partial charge < -0.3 is 0 Å². The molecule has 0 bridgehead atoms. The van der Waals surface area contributed by atoms with E-state index < -0.39 is 0 Å². The molecule has 13 rings (SSSR count). The highest BCUT2D eigenvalue weighted by Crippen LogP contribution is 2.53. The average Bonchev–Trinajstić information content (AvgIpc) is 3.90. The number of thiophene rings is 2. The molecule has 0 nitrogen and oxygen atoms in total. The van der Waals surface area contributed by atoms with Crippen molar-refractivity contribution in [3.63, 3.8) is 0 Å². The van der Waals surface area contributed by atoms with Gasteiger partial charge in [0.05, 0.1) is 0 Å². The van der Waals surface area contributed by atoms with Gasteiger partial charge in [-0.2, -0.15) is 0 Å². The molecule has 0 amide bonds. The SMILES string of the molecule is c1ccc(-c2c3ccccc3c(-c3cccc4sc5cccc(-c6c7ccccc7c(-c7cccc8c7sc7ccccc78)c7ccccc67)c5c34)c3ccccc23)cc1. The van der Waals surface area contributed by atoms with Crippen LogP contribution >= 0.6 is 22.7 Å². The zero-order chi connectivity index (χ0) is 39.3. The predicted octanol–water partition coefficient (Wildman–Crippen LogP) is 17.7. The third kappa shape index (κ3) is 4.84. The number of rotatable bonds is 4. The minimum Gasteiger partial charge on any atom is -0.135 e. The zero-order valence-corrected chi connectivity index (χ0v) is 34.1. The first-order chi connectivity index (χ1) is 29.8. The van der Waals surface area contributed by atoms with Gasteiger partial charge in [0.15, 0.2) is 0 Å². The van der Waals surface area contributed by atoms with E-state index in [9.17, 15) is 0 Å². The van der Waals surface area contributed by atoms with Gasteiger partial charge in [0.1, 0.15) is 0 Å². The molecule has 13 aromatic rings. The van der Waals surface area contributed by atoms with Crippen LogP contribution in [0.3, 0.4) is 0 Å². The van der Waals surface area contributed by atoms with Gasteiger partial charge in [-0.05, 0) is 100 Å². The first kappa shape index (κ1) is 33.8. The summed E-state index contributed by atoms with van der Waals surface area (Å²) >= 11 is 3.81. The molecule has 2 heterocycles. The van der Waals surface area contributed by atoms with Gasteiger partial charge in [0.25, 0.3) is 0 Å². The maximum atomic E-state index is 2.38. The largest absolute Gasteiger partial charge is 0.135 e. The Bertz CT molecular complexity index is 3770. The molecule has 2 aromatic heterocycles. The Balaban J connectivity index is 1.15. The smallest absolute Gasteiger partial charge is 0.0434 e. The molecule has 0 atom stereocenters. The molecule has 0 spiro atoms. The maximum absolute atomic E-state index is 2.38. The van der Waals surface area contributed by atoms with E-state index in [1.807, 2.05) is 22.7 Å². The normalized spacial score (nSPS) is 12.0. The minimum atomic E-state index is 1.24. The topological polar surface area (TPSA) is 0 Å². The Morgan fingerprint density at radius 3 is 1.07 bits per heavy atom. The van der Waals surface area contributed by atoms with Crippen LogP contribution in [0.15, 0.2) is 206 Å². The summed E-state index contributed by atoms with van der Waals surface area (Å²) in [4.78, 5) is 0. The molecule has 278 valence electrons. The lowest BCUT2D eigenvalue weighted by Gasteiger charge is -2.20. The van der Waals surface area contributed by atoms with Crippen molar-refractivity contribution in [2.24, 2.45) is 0 Å². The Labute approximate surface area is 354 Å². The average molecular weight is 795 g/mol. The standard InChI is InChI=1S/C58H34S2/c1-2-17-35(18-3-1)52-37-20-4-6-22-39(37)53(40-23-7-5-21-38(40)52)46-29-15-33-50-56(46)57-47(30-16-34-51(57)59-50)54-41-24-8-10-26-43(41)55(44-27-11-9-25-42(44)54)48-31-14-28-45-36-19-12-13-32-49(36)60-58(45)48/h1-34H. The second kappa shape index (κ2) is 13.2. The van der Waals surface area contributed by atoms with Crippen LogP contribution in [0.4, 0.5) is 0 Å². The van der Waals surface area contributed by atoms with Gasteiger partial charge in [0, 0.05) is 45.9 Å². The van der Waals surface area contributed by atoms with Gasteiger partial charge in [-0.15, -0.1) is 22.7 Å². The highest BCUT2D eigenvalue weighted by molar-refractivity contribution is 7.26. The van der Waals surface area contributed by atoms with Gasteiger partial charge in [-0.25, -0.2) is 0 Å². The van der Waals surface area contributed by atoms with Crippen LogP contribution in [0.2, 0.25) is 0 Å². The third-order valence-electron chi connectivity index (χ3n) is 12.7. The second-order valence-corrected chi connectivity index (χ2v) is 17.9. The van der Waals surface area contributed by atoms with Crippen molar-refractivity contribution in [2.45, 2.75) is 0 Å². The van der Waals surface area contributed by atoms with Crippen LogP contribution in [-0.2, 0) is 0 Å². The molecule has 0 saturated heterocycles. The van der Waals surface area contributed by atoms with E-state index in [1.54, 1.807) is 0 Å². The maximum Gasteiger partial charge on any atom is 0.0434 e. The van der Waals surface area contributed by atoms with Crippen molar-refractivity contribution in [2.75, 3.05) is 0 Å². The summed E-state index contributed by atoms with van der Waals surface area (Å²) in [5.74, 6) is 0. The van der Waals surface area contributed by atoms with Crippen molar-refractivity contribution < 1.29 is 0 Å². The van der Waals surface area contributed by atoms with Crippen LogP contribution in [0.1, 0.15) is 0 Å². The van der Waals surface area contributed by atoms with Crippen LogP contribution in [0, 0.1) is 0 Å². The lowest BCUT2D eigenvalue weighted by Crippen LogP contribution is -1.92. The Hall–Kier alpha value is -7.10. The quantitative estimate of drug-likeness (QED) is 0.156. The van der Waals surface area contributed by atoms with Gasteiger partial charge in [-0.3, -0.25) is 0 Å². The van der Waals surface area contributed by atoms with E-state index in [0.717, 1.165) is 0 Å². The first-order valence-electron chi connectivity index (χ1n) is 20.6. The van der Waals surface area contributed by atoms with E-state index in [4.69, 9.17) is 0 Å². The van der Waals surface area contributed by atoms with Crippen LogP contribution < -0.4 is 0 Å². The van der Waals surface area contributed by atoms with E-state index in [2.05, 4.69) is 206 Å². The predicted molar refractivity (Wildman–Crippen MR) is 264 cm³/mol. The van der Waals surface area contributed by atoms with Crippen LogP contribution in [-0.4, -0.2) is 0 Å². The van der Waals surface area contributed by atoms with Crippen molar-refractivity contribution in [3.8, 4) is 44.5 Å². The molecule has 0 unspecified atom stereocenters. The molecule has 0 radical (unpaired) electrons. The summed E-state index contributed by atoms with van der Waals surface area (Å²) < 4.78 is 5.27. The molecule has 0 fully saturated rings. The van der Waals surface area contributed by atoms with Crippen LogP contribution in [0.25, 0.3) is 128 Å². The van der Waals surface area contributed by atoms with Gasteiger partial charge in [0.2, 0.25) is 0 Å². The van der Waals surface area contributed by atoms with Crippen molar-refractivity contribution in [1.29, 1.82) is 0 Å². The van der Waals surface area contributed by atoms with E-state index >= 15 is 0 Å². The third-order valence-corrected chi connectivity index (χ3v) is 15.0. The molecule has 0 aliphatic carbocycles. The van der Waals surface area contributed by atoms with Crippen molar-refractivity contribution in [3.05, 3.63) is 206 Å². The first-order valence-corrected chi connectivity index (χ1v) is 22.2. The Kier molecular flexibility index (Phi) is 7.45. The zero-order valence-electron chi connectivity index (χ0n) is 32.4. The number of benzene rings is 11. The van der Waals surface area contributed by atoms with E-state index in [0.29, 0.717) is 0 Å². The Morgan fingerprint density at radius 2 is 0.567 bits per heavy atom. The van der Waals surface area contributed by atoms with Gasteiger partial charge >= 0.3 is 0 Å². The summed E-state index contributed by atoms with van der Waals surface area (Å²) in [6.07, 6.45) is 0. The summed E-state index contributed by atoms with van der Waals surface area (Å²) in [5.41, 5.74) is 10.3. The minimum absolute atomic E-state index is 1.24. The molecule has 2 heteroatoms. The van der Waals surface area contributed by atoms with Crippen molar-refractivity contribution >= 4 is 106 Å². The summed E-state index contributed by atoms with van der Waals surface area (Å²) in [7, 11) is 0. The molecule has 0 N–H and O–H groups in total. The van der Waals surface area contributed by atoms with Crippen molar-refractivity contribution in [1.82, 2.24) is 0 Å². The number of hydrogen-bond donors (Lipinski definition) is 0. The monoisotopic (exact) mass is 794 g/mol. The van der Waals surface area contributed by atoms with Gasteiger partial charge in [-0.1, -0.05) is 188 Å². The molecule has 0 aliphatic rings. The lowest BCUT2D eigenvalue weighted by molar-refractivity contribution is 1.67. The molecule has 0 aliphatic heterocycles. The highest BCUT2D eigenvalue weighted by Gasteiger charge is 2.24. The highest BCUT2D eigenvalue weighted by atomic mass is 32.1.